The fourth-order valence-corrected chi connectivity index (χ4v) is 3.84. The van der Waals surface area contributed by atoms with Crippen molar-refractivity contribution in [2.75, 3.05) is 18.8 Å². The number of Topliss-reactive ketones (excluding diaryl/α,β-unsaturated/α-hetero) is 1. The predicted octanol–water partition coefficient (Wildman–Crippen LogP) is 3.49. The molecule has 1 aromatic rings. The van der Waals surface area contributed by atoms with Crippen molar-refractivity contribution in [1.29, 1.82) is 0 Å². The van der Waals surface area contributed by atoms with Crippen LogP contribution in [-0.2, 0) is 4.79 Å². The lowest BCUT2D eigenvalue weighted by molar-refractivity contribution is -0.126. The van der Waals surface area contributed by atoms with Crippen molar-refractivity contribution in [2.45, 2.75) is 70.6 Å². The Morgan fingerprint density at radius 3 is 2.54 bits per heavy atom. The van der Waals surface area contributed by atoms with Crippen molar-refractivity contribution in [3.63, 3.8) is 0 Å². The second-order valence-electron chi connectivity index (χ2n) is 7.40. The van der Waals surface area contributed by atoms with Crippen LogP contribution in [-0.4, -0.2) is 46.8 Å². The molecule has 1 aliphatic rings. The first-order valence-electron chi connectivity index (χ1n) is 10.0. The maximum Gasteiger partial charge on any atom is 0.286 e. The molecule has 0 aliphatic heterocycles. The summed E-state index contributed by atoms with van der Waals surface area (Å²) in [6.45, 7) is 7.76. The second kappa shape index (κ2) is 13.2. The predicted molar refractivity (Wildman–Crippen MR) is 113 cm³/mol. The molecule has 1 heterocycles. The highest BCUT2D eigenvalue weighted by molar-refractivity contribution is 7.99. The van der Waals surface area contributed by atoms with Gasteiger partial charge in [-0.15, -0.1) is 22.6 Å². The first-order chi connectivity index (χ1) is 13.0. The van der Waals surface area contributed by atoms with Crippen LogP contribution in [0.25, 0.3) is 0 Å². The van der Waals surface area contributed by atoms with Gasteiger partial charge in [0.1, 0.15) is 0 Å². The molecule has 2 rings (SSSR count). The maximum absolute atomic E-state index is 12.8. The fraction of sp³-hybridized carbons (Fsp3) is 0.789. The van der Waals surface area contributed by atoms with Crippen LogP contribution < -0.4 is 10.6 Å². The van der Waals surface area contributed by atoms with E-state index in [1.165, 1.54) is 18.2 Å². The zero-order valence-corrected chi connectivity index (χ0v) is 18.7. The molecule has 1 amide bonds. The first kappa shape index (κ1) is 24.9. The molecule has 1 saturated carbocycles. The molecule has 28 heavy (non-hydrogen) atoms. The second-order valence-corrected chi connectivity index (χ2v) is 8.45. The summed E-state index contributed by atoms with van der Waals surface area (Å²) >= 11 is 1.42. The third kappa shape index (κ3) is 7.72. The molecule has 9 heteroatoms. The Morgan fingerprint density at radius 2 is 1.89 bits per heavy atom. The van der Waals surface area contributed by atoms with Crippen molar-refractivity contribution < 1.29 is 14.0 Å². The molecule has 1 aliphatic carbocycles. The molecular formula is C19H33ClN4O3S. The lowest BCUT2D eigenvalue weighted by atomic mass is 9.88. The highest BCUT2D eigenvalue weighted by Crippen LogP contribution is 2.24. The van der Waals surface area contributed by atoms with Crippen molar-refractivity contribution in [3.8, 4) is 0 Å². The van der Waals surface area contributed by atoms with Crippen LogP contribution in [0.2, 0.25) is 0 Å². The van der Waals surface area contributed by atoms with Gasteiger partial charge in [-0.3, -0.25) is 9.59 Å². The summed E-state index contributed by atoms with van der Waals surface area (Å²) in [7, 11) is 0. The SMILES string of the molecule is CCCNCCSc1nnc(C(=O)[C@@H](NC(=O)C2CCCCC2)C(C)C)o1.Cl. The van der Waals surface area contributed by atoms with Gasteiger partial charge in [0.25, 0.3) is 11.1 Å². The van der Waals surface area contributed by atoms with Gasteiger partial charge in [-0.05, 0) is 31.7 Å². The third-order valence-corrected chi connectivity index (χ3v) is 5.59. The van der Waals surface area contributed by atoms with E-state index in [2.05, 4.69) is 27.8 Å². The number of nitrogens with one attached hydrogen (secondary N) is 2. The van der Waals surface area contributed by atoms with E-state index in [0.717, 1.165) is 50.9 Å². The van der Waals surface area contributed by atoms with Crippen molar-refractivity contribution in [3.05, 3.63) is 5.89 Å². The molecule has 1 aromatic heterocycles. The van der Waals surface area contributed by atoms with Crippen LogP contribution in [0.15, 0.2) is 9.64 Å². The fourth-order valence-electron chi connectivity index (χ4n) is 3.18. The van der Waals surface area contributed by atoms with Crippen LogP contribution in [0, 0.1) is 11.8 Å². The van der Waals surface area contributed by atoms with Gasteiger partial charge in [-0.25, -0.2) is 0 Å². The van der Waals surface area contributed by atoms with Crippen LogP contribution in [0.4, 0.5) is 0 Å². The van der Waals surface area contributed by atoms with Gasteiger partial charge in [0.15, 0.2) is 0 Å². The standard InChI is InChI=1S/C19H32N4O3S.ClH/c1-4-10-20-11-12-27-19-23-22-18(26-19)16(24)15(13(2)3)21-17(25)14-8-6-5-7-9-14;/h13-15,20H,4-12H2,1-3H3,(H,21,25);1H/t15-;/m0./s1. The molecule has 1 atom stereocenters. The summed E-state index contributed by atoms with van der Waals surface area (Å²) in [5, 5.41) is 14.5. The third-order valence-electron chi connectivity index (χ3n) is 4.77. The highest BCUT2D eigenvalue weighted by Gasteiger charge is 2.32. The molecule has 0 saturated heterocycles. The van der Waals surface area contributed by atoms with Crippen molar-refractivity contribution in [1.82, 2.24) is 20.8 Å². The number of hydrogen-bond donors (Lipinski definition) is 2. The van der Waals surface area contributed by atoms with Crippen LogP contribution >= 0.6 is 24.2 Å². The van der Waals surface area contributed by atoms with Gasteiger partial charge in [-0.1, -0.05) is 51.8 Å². The highest BCUT2D eigenvalue weighted by atomic mass is 35.5. The minimum Gasteiger partial charge on any atom is -0.408 e. The average Bonchev–Trinajstić information content (AvgIpc) is 3.14. The van der Waals surface area contributed by atoms with E-state index in [1.807, 2.05) is 13.8 Å². The maximum atomic E-state index is 12.8. The molecule has 0 aromatic carbocycles. The van der Waals surface area contributed by atoms with E-state index in [4.69, 9.17) is 4.42 Å². The van der Waals surface area contributed by atoms with Gasteiger partial charge in [-0.2, -0.15) is 0 Å². The molecule has 2 N–H and O–H groups in total. The lowest BCUT2D eigenvalue weighted by Gasteiger charge is -2.25. The summed E-state index contributed by atoms with van der Waals surface area (Å²) in [5.74, 6) is 0.391. The average molecular weight is 433 g/mol. The number of carbonyl (C=O) groups is 2. The Hall–Kier alpha value is -1.12. The summed E-state index contributed by atoms with van der Waals surface area (Å²) in [5.41, 5.74) is 0. The topological polar surface area (TPSA) is 97.1 Å². The molecular weight excluding hydrogens is 400 g/mol. The Balaban J connectivity index is 0.00000392. The number of ketones is 1. The quantitative estimate of drug-likeness (QED) is 0.314. The molecule has 0 spiro atoms. The largest absolute Gasteiger partial charge is 0.408 e. The van der Waals surface area contributed by atoms with Gasteiger partial charge < -0.3 is 15.1 Å². The lowest BCUT2D eigenvalue weighted by Crippen LogP contribution is -2.47. The monoisotopic (exact) mass is 432 g/mol. The van der Waals surface area contributed by atoms with Crippen LogP contribution in [0.1, 0.15) is 70.0 Å². The summed E-state index contributed by atoms with van der Waals surface area (Å²) in [4.78, 5) is 25.3. The van der Waals surface area contributed by atoms with Crippen LogP contribution in [0.3, 0.4) is 0 Å². The smallest absolute Gasteiger partial charge is 0.286 e. The van der Waals surface area contributed by atoms with E-state index in [0.29, 0.717) is 5.22 Å². The zero-order chi connectivity index (χ0) is 19.6. The summed E-state index contributed by atoms with van der Waals surface area (Å²) in [6, 6.07) is -0.635. The van der Waals surface area contributed by atoms with Gasteiger partial charge in [0, 0.05) is 18.2 Å². The number of hydrogen-bond acceptors (Lipinski definition) is 7. The minimum atomic E-state index is -0.635. The van der Waals surface area contributed by atoms with E-state index >= 15 is 0 Å². The van der Waals surface area contributed by atoms with E-state index in [-0.39, 0.29) is 41.8 Å². The Kier molecular flexibility index (Phi) is 11.7. The molecule has 1 fully saturated rings. The van der Waals surface area contributed by atoms with Gasteiger partial charge >= 0.3 is 0 Å². The molecule has 0 bridgehead atoms. The van der Waals surface area contributed by atoms with E-state index < -0.39 is 6.04 Å². The molecule has 160 valence electrons. The van der Waals surface area contributed by atoms with Crippen LogP contribution in [0.5, 0.6) is 0 Å². The molecule has 7 nitrogen and oxygen atoms in total. The van der Waals surface area contributed by atoms with E-state index in [1.54, 1.807) is 0 Å². The normalized spacial score (nSPS) is 15.9. The minimum absolute atomic E-state index is 0. The Labute approximate surface area is 178 Å². The first-order valence-corrected chi connectivity index (χ1v) is 11.0. The number of nitrogens with zero attached hydrogens (tertiary/aromatic N) is 2. The van der Waals surface area contributed by atoms with Crippen molar-refractivity contribution >= 4 is 35.9 Å². The molecule has 0 unspecified atom stereocenters. The zero-order valence-electron chi connectivity index (χ0n) is 17.0. The number of carbonyl (C=O) groups excluding carboxylic acids is 2. The van der Waals surface area contributed by atoms with Gasteiger partial charge in [0.05, 0.1) is 6.04 Å². The summed E-state index contributed by atoms with van der Waals surface area (Å²) in [6.07, 6.45) is 6.24. The Bertz CT molecular complexity index is 606. The van der Waals surface area contributed by atoms with E-state index in [9.17, 15) is 9.59 Å². The number of rotatable bonds is 11. The number of amides is 1. The van der Waals surface area contributed by atoms with Gasteiger partial charge in [0.2, 0.25) is 11.7 Å². The summed E-state index contributed by atoms with van der Waals surface area (Å²) < 4.78 is 5.52. The molecule has 0 radical (unpaired) electrons. The number of aromatic nitrogens is 2. The Morgan fingerprint density at radius 1 is 1.18 bits per heavy atom. The number of halogens is 1. The number of thioether (sulfide) groups is 1. The van der Waals surface area contributed by atoms with Crippen molar-refractivity contribution in [2.24, 2.45) is 11.8 Å².